The zero-order chi connectivity index (χ0) is 34.3. The first-order chi connectivity index (χ1) is 20.8. The summed E-state index contributed by atoms with van der Waals surface area (Å²) in [5.74, 6) is -1.01. The highest BCUT2D eigenvalue weighted by Crippen LogP contribution is 2.49. The van der Waals surface area contributed by atoms with E-state index >= 15 is 0 Å². The second-order valence-electron chi connectivity index (χ2n) is 16.2. The molecule has 0 aromatic carbocycles. The molecule has 2 aliphatic heterocycles. The maximum atomic E-state index is 11.7. The van der Waals surface area contributed by atoms with Crippen LogP contribution in [0.5, 0.6) is 0 Å². The van der Waals surface area contributed by atoms with Gasteiger partial charge in [-0.25, -0.2) is 0 Å². The Morgan fingerprint density at radius 1 is 0.933 bits per heavy atom. The van der Waals surface area contributed by atoms with E-state index in [0.29, 0.717) is 25.9 Å². The van der Waals surface area contributed by atoms with Crippen LogP contribution in [0.15, 0.2) is 12.2 Å². The van der Waals surface area contributed by atoms with Crippen molar-refractivity contribution in [3.05, 3.63) is 12.2 Å². The lowest BCUT2D eigenvalue weighted by atomic mass is 9.80. The molecule has 0 saturated carbocycles. The number of aldehydes is 1. The van der Waals surface area contributed by atoms with Crippen LogP contribution in [0.1, 0.15) is 115 Å². The van der Waals surface area contributed by atoms with Gasteiger partial charge in [0.2, 0.25) is 0 Å². The van der Waals surface area contributed by atoms with Crippen LogP contribution in [-0.4, -0.2) is 67.5 Å². The molecule has 0 aromatic rings. The Morgan fingerprint density at radius 2 is 1.47 bits per heavy atom. The number of hydrogen-bond acceptors (Lipinski definition) is 6. The molecule has 2 aliphatic rings. The zero-order valence-corrected chi connectivity index (χ0v) is 34.7. The van der Waals surface area contributed by atoms with Crippen molar-refractivity contribution in [3.8, 4) is 0 Å². The predicted octanol–water partition coefficient (Wildman–Crippen LogP) is 10.4. The normalized spacial score (nSPS) is 29.1. The van der Waals surface area contributed by atoms with Crippen molar-refractivity contribution in [1.82, 2.24) is 0 Å². The summed E-state index contributed by atoms with van der Waals surface area (Å²) in [5, 5.41) is 0.163. The molecule has 0 bridgehead atoms. The molecule has 6 atom stereocenters. The summed E-state index contributed by atoms with van der Waals surface area (Å²) in [6.07, 6.45) is 5.43. The third kappa shape index (κ3) is 10.7. The molecule has 1 spiro atoms. The molecule has 264 valence electrons. The van der Waals surface area contributed by atoms with Gasteiger partial charge in [-0.05, 0) is 80.6 Å². The summed E-state index contributed by atoms with van der Waals surface area (Å²) >= 11 is 0. The van der Waals surface area contributed by atoms with Crippen LogP contribution in [0.25, 0.3) is 0 Å². The second-order valence-corrected chi connectivity index (χ2v) is 30.4. The maximum Gasteiger partial charge on any atom is 0.192 e. The summed E-state index contributed by atoms with van der Waals surface area (Å²) in [5.41, 5.74) is 0.525. The summed E-state index contributed by atoms with van der Waals surface area (Å²) < 4.78 is 35.5. The summed E-state index contributed by atoms with van der Waals surface area (Å²) in [4.78, 5) is 11.7. The molecular weight excluding hydrogens is 613 g/mol. The Kier molecular flexibility index (Phi) is 15.1. The van der Waals surface area contributed by atoms with Gasteiger partial charge in [-0.1, -0.05) is 81.4 Å². The van der Waals surface area contributed by atoms with E-state index in [9.17, 15) is 4.79 Å². The molecule has 2 saturated heterocycles. The van der Waals surface area contributed by atoms with Crippen LogP contribution in [0.4, 0.5) is 0 Å². The molecule has 9 heteroatoms. The highest BCUT2D eigenvalue weighted by Gasteiger charge is 2.55. The number of hydrogen-bond donors (Lipinski definition) is 0. The molecule has 6 nitrogen and oxygen atoms in total. The van der Waals surface area contributed by atoms with E-state index in [-0.39, 0.29) is 34.9 Å². The fraction of sp³-hybridized carbons (Fsp3) is 0.917. The molecular formula is C36H72O6Si3. The highest BCUT2D eigenvalue weighted by molar-refractivity contribution is 6.74. The largest absolute Gasteiger partial charge is 0.417 e. The van der Waals surface area contributed by atoms with E-state index in [0.717, 1.165) is 67.4 Å². The van der Waals surface area contributed by atoms with Gasteiger partial charge in [0.05, 0.1) is 23.9 Å². The average Bonchev–Trinajstić information content (AvgIpc) is 2.97. The first-order valence-electron chi connectivity index (χ1n) is 18.3. The van der Waals surface area contributed by atoms with Crippen LogP contribution in [0.3, 0.4) is 0 Å². The molecule has 2 fully saturated rings. The highest BCUT2D eigenvalue weighted by atomic mass is 28.4. The van der Waals surface area contributed by atoms with E-state index in [1.165, 1.54) is 0 Å². The zero-order valence-electron chi connectivity index (χ0n) is 31.7. The number of carbonyl (C=O) groups excluding carboxylic acids is 1. The van der Waals surface area contributed by atoms with Gasteiger partial charge in [0.15, 0.2) is 30.7 Å². The SMILES string of the molecule is C=C(C[C@H]1C[C@](C)(O[Si](CC)(CC)CC)C[C@@]2(C[C@@H](O[Si](CC)(CC)CC)C[C@H](CCO[Si](C)(C)C(C)(C)C)O2)O1)[C@@H](C)C=O. The molecule has 2 heterocycles. The minimum Gasteiger partial charge on any atom is -0.417 e. The molecule has 0 radical (unpaired) electrons. The van der Waals surface area contributed by atoms with Gasteiger partial charge >= 0.3 is 0 Å². The fourth-order valence-corrected chi connectivity index (χ4v) is 14.4. The molecule has 0 aromatic heterocycles. The molecule has 45 heavy (non-hydrogen) atoms. The number of ether oxygens (including phenoxy) is 2. The molecule has 0 N–H and O–H groups in total. The van der Waals surface area contributed by atoms with Crippen molar-refractivity contribution in [2.24, 2.45) is 5.92 Å². The smallest absolute Gasteiger partial charge is 0.192 e. The summed E-state index contributed by atoms with van der Waals surface area (Å²) in [6.45, 7) is 34.6. The van der Waals surface area contributed by atoms with Gasteiger partial charge in [-0.3, -0.25) is 0 Å². The quantitative estimate of drug-likeness (QED) is 0.0813. The Hall–Kier alpha value is -0.139. The van der Waals surface area contributed by atoms with Gasteiger partial charge < -0.3 is 27.5 Å². The third-order valence-corrected chi connectivity index (χ3v) is 26.0. The van der Waals surface area contributed by atoms with Crippen LogP contribution >= 0.6 is 0 Å². The molecule has 0 amide bonds. The van der Waals surface area contributed by atoms with Gasteiger partial charge in [-0.15, -0.1) is 0 Å². The lowest BCUT2D eigenvalue weighted by Crippen LogP contribution is -2.61. The minimum atomic E-state index is -1.93. The monoisotopic (exact) mass is 684 g/mol. The Morgan fingerprint density at radius 3 is 1.96 bits per heavy atom. The van der Waals surface area contributed by atoms with E-state index in [1.807, 2.05) is 6.92 Å². The Bertz CT molecular complexity index is 927. The van der Waals surface area contributed by atoms with Gasteiger partial charge in [0, 0.05) is 31.8 Å². The van der Waals surface area contributed by atoms with Gasteiger partial charge in [-0.2, -0.15) is 0 Å². The number of rotatable bonds is 18. The molecule has 0 aliphatic carbocycles. The van der Waals surface area contributed by atoms with E-state index in [1.54, 1.807) is 0 Å². The van der Waals surface area contributed by atoms with Crippen molar-refractivity contribution < 1.29 is 27.5 Å². The van der Waals surface area contributed by atoms with Gasteiger partial charge in [0.25, 0.3) is 0 Å². The van der Waals surface area contributed by atoms with Crippen LogP contribution in [0.2, 0.25) is 54.4 Å². The number of carbonyl (C=O) groups is 1. The Balaban J connectivity index is 2.51. The second kappa shape index (κ2) is 16.5. The first kappa shape index (κ1) is 41.0. The average molecular weight is 685 g/mol. The summed E-state index contributed by atoms with van der Waals surface area (Å²) in [7, 11) is -5.68. The van der Waals surface area contributed by atoms with Crippen LogP contribution in [-0.2, 0) is 27.5 Å². The van der Waals surface area contributed by atoms with Crippen molar-refractivity contribution in [1.29, 1.82) is 0 Å². The van der Waals surface area contributed by atoms with Crippen LogP contribution in [0, 0.1) is 5.92 Å². The van der Waals surface area contributed by atoms with Crippen molar-refractivity contribution in [2.45, 2.75) is 199 Å². The minimum absolute atomic E-state index is 0.0172. The van der Waals surface area contributed by atoms with Crippen molar-refractivity contribution in [2.75, 3.05) is 6.61 Å². The molecule has 2 rings (SSSR count). The topological polar surface area (TPSA) is 63.2 Å². The van der Waals surface area contributed by atoms with E-state index in [2.05, 4.69) is 88.9 Å². The van der Waals surface area contributed by atoms with E-state index in [4.69, 9.17) is 22.8 Å². The Labute approximate surface area is 281 Å². The van der Waals surface area contributed by atoms with E-state index < -0.39 is 30.7 Å². The van der Waals surface area contributed by atoms with Crippen LogP contribution < -0.4 is 0 Å². The summed E-state index contributed by atoms with van der Waals surface area (Å²) in [6, 6.07) is 6.65. The first-order valence-corrected chi connectivity index (χ1v) is 26.3. The van der Waals surface area contributed by atoms with Gasteiger partial charge in [0.1, 0.15) is 6.29 Å². The predicted molar refractivity (Wildman–Crippen MR) is 196 cm³/mol. The molecule has 0 unspecified atom stereocenters. The lowest BCUT2D eigenvalue weighted by Gasteiger charge is -2.55. The maximum absolute atomic E-state index is 11.7. The lowest BCUT2D eigenvalue weighted by molar-refractivity contribution is -0.347. The van der Waals surface area contributed by atoms with Crippen molar-refractivity contribution >= 4 is 31.2 Å². The third-order valence-electron chi connectivity index (χ3n) is 11.9. The van der Waals surface area contributed by atoms with Crippen molar-refractivity contribution in [3.63, 3.8) is 0 Å². The fourth-order valence-electron chi connectivity index (χ4n) is 7.36. The standard InChI is InChI=1S/C36H72O6Si3/c1-15-44(16-2,17-3)41-33-24-31(21-22-38-43(13,14)34(9,10)11)39-36(26-33)28-35(12,42-45(18-4,19-5)20-6)25-32(40-36)23-29(7)30(8)27-37/h27,30-33H,7,15-26,28H2,1-6,8-14H3/t30-,31-,32-,33-,35-,36+/m0/s1.